The Morgan fingerprint density at radius 2 is 0.658 bits per heavy atom. The Hall–Kier alpha value is -4.63. The van der Waals surface area contributed by atoms with Gasteiger partial charge in [-0.1, -0.05) is 248 Å². The average molecular weight is 1110 g/mol. The predicted molar refractivity (Wildman–Crippen MR) is 339 cm³/mol. The van der Waals surface area contributed by atoms with Crippen molar-refractivity contribution in [2.75, 3.05) is 26.4 Å². The van der Waals surface area contributed by atoms with Crippen LogP contribution in [-0.4, -0.2) is 49.3 Å². The molecule has 0 radical (unpaired) electrons. The molecular weight excluding hydrogens is 1000 g/mol. The van der Waals surface area contributed by atoms with Crippen molar-refractivity contribution in [2.45, 2.75) is 225 Å². The van der Waals surface area contributed by atoms with Crippen molar-refractivity contribution in [1.82, 2.24) is 0 Å². The van der Waals surface area contributed by atoms with Crippen LogP contribution in [0.2, 0.25) is 0 Å². The van der Waals surface area contributed by atoms with Crippen molar-refractivity contribution in [3.05, 3.63) is 170 Å². The van der Waals surface area contributed by atoms with Crippen LogP contribution >= 0.6 is 7.82 Å². The summed E-state index contributed by atoms with van der Waals surface area (Å²) in [5, 5.41) is 0. The molecule has 2 atom stereocenters. The molecule has 3 N–H and O–H groups in total. The van der Waals surface area contributed by atoms with Crippen molar-refractivity contribution in [1.29, 1.82) is 0 Å². The zero-order valence-electron chi connectivity index (χ0n) is 49.5. The Morgan fingerprint density at radius 1 is 0.380 bits per heavy atom. The lowest BCUT2D eigenvalue weighted by Crippen LogP contribution is -2.29. The van der Waals surface area contributed by atoms with Crippen LogP contribution < -0.4 is 5.73 Å². The summed E-state index contributed by atoms with van der Waals surface area (Å²) >= 11 is 0. The molecular formula is C69H110NO8P. The number of esters is 2. The van der Waals surface area contributed by atoms with Gasteiger partial charge in [-0.2, -0.15) is 0 Å². The molecule has 10 heteroatoms. The fourth-order valence-corrected chi connectivity index (χ4v) is 8.42. The number of phosphoric acid groups is 1. The van der Waals surface area contributed by atoms with Crippen LogP contribution in [-0.2, 0) is 32.7 Å². The maximum absolute atomic E-state index is 12.7. The number of nitrogens with two attached hydrogens (primary N) is 1. The van der Waals surface area contributed by atoms with Crippen molar-refractivity contribution in [2.24, 2.45) is 5.73 Å². The Labute approximate surface area is 482 Å². The zero-order valence-corrected chi connectivity index (χ0v) is 50.4. The lowest BCUT2D eigenvalue weighted by Gasteiger charge is -2.19. The summed E-state index contributed by atoms with van der Waals surface area (Å²) in [6.07, 6.45) is 92.7. The van der Waals surface area contributed by atoms with Gasteiger partial charge in [0.1, 0.15) is 6.61 Å². The number of hydrogen-bond acceptors (Lipinski definition) is 8. The first-order chi connectivity index (χ1) is 38.8. The summed E-state index contributed by atoms with van der Waals surface area (Å²) in [6.45, 7) is 3.44. The van der Waals surface area contributed by atoms with E-state index >= 15 is 0 Å². The van der Waals surface area contributed by atoms with Crippen LogP contribution in [0, 0.1) is 0 Å². The maximum Gasteiger partial charge on any atom is 0.472 e. The van der Waals surface area contributed by atoms with E-state index in [0.29, 0.717) is 12.8 Å². The Morgan fingerprint density at radius 3 is 1.00 bits per heavy atom. The predicted octanol–water partition coefficient (Wildman–Crippen LogP) is 19.8. The zero-order chi connectivity index (χ0) is 57.3. The minimum Gasteiger partial charge on any atom is -0.462 e. The topological polar surface area (TPSA) is 134 Å². The highest BCUT2D eigenvalue weighted by molar-refractivity contribution is 7.47. The Bertz CT molecular complexity index is 1890. The van der Waals surface area contributed by atoms with Gasteiger partial charge in [-0.15, -0.1) is 0 Å². The van der Waals surface area contributed by atoms with E-state index in [-0.39, 0.29) is 32.6 Å². The van der Waals surface area contributed by atoms with Crippen LogP contribution in [0.15, 0.2) is 170 Å². The Balaban J connectivity index is 4.09. The molecule has 0 amide bonds. The van der Waals surface area contributed by atoms with Gasteiger partial charge in [0.15, 0.2) is 6.10 Å². The summed E-state index contributed by atoms with van der Waals surface area (Å²) in [4.78, 5) is 35.2. The Kier molecular flexibility index (Phi) is 58.9. The van der Waals surface area contributed by atoms with E-state index in [2.05, 4.69) is 184 Å². The molecule has 0 heterocycles. The SMILES string of the molecule is CC/C=C\C/C=C\C/C=C\C/C=C\C/C=C\C/C=C\C/C=C\C/C=C\CCCCC(=O)OC(COC(=O)CCCCCCCCCCCCCC/C=C\C/C=C\C/C=C\C/C=C\C/C=C\C/C=C\CC)COP(=O)(O)OCCN. The second kappa shape index (κ2) is 62.6. The molecule has 0 bridgehead atoms. The van der Waals surface area contributed by atoms with E-state index in [1.54, 1.807) is 0 Å². The molecule has 0 saturated heterocycles. The molecule has 9 nitrogen and oxygen atoms in total. The third-order valence-electron chi connectivity index (χ3n) is 12.1. The van der Waals surface area contributed by atoms with E-state index in [0.717, 1.165) is 122 Å². The summed E-state index contributed by atoms with van der Waals surface area (Å²) in [5.41, 5.74) is 5.38. The van der Waals surface area contributed by atoms with Crippen LogP contribution in [0.4, 0.5) is 0 Å². The number of rotatable bonds is 55. The third-order valence-corrected chi connectivity index (χ3v) is 13.1. The number of allylic oxidation sites excluding steroid dienone is 28. The van der Waals surface area contributed by atoms with E-state index in [1.165, 1.54) is 57.8 Å². The molecule has 0 aromatic rings. The number of carbonyl (C=O) groups excluding carboxylic acids is 2. The van der Waals surface area contributed by atoms with E-state index in [4.69, 9.17) is 24.3 Å². The summed E-state index contributed by atoms with van der Waals surface area (Å²) in [6, 6.07) is 0. The van der Waals surface area contributed by atoms with Crippen LogP contribution in [0.3, 0.4) is 0 Å². The normalized spacial score (nSPS) is 14.2. The van der Waals surface area contributed by atoms with Gasteiger partial charge in [-0.25, -0.2) is 4.57 Å². The molecule has 0 aliphatic rings. The molecule has 0 aromatic heterocycles. The third kappa shape index (κ3) is 62.4. The molecule has 0 aliphatic heterocycles. The number of ether oxygens (including phenoxy) is 2. The van der Waals surface area contributed by atoms with Crippen LogP contribution in [0.1, 0.15) is 219 Å². The standard InChI is InChI=1S/C69H110NO8P/c1-3-5-7-9-11-13-15-17-19-21-23-25-27-29-31-32-33-34-36-37-39-41-43-45-47-49-51-53-55-57-59-61-68(71)75-65-67(66-77-79(73,74)76-64-63-70)78-69(72)62-60-58-56-54-52-50-48-46-44-42-40-38-35-30-28-26-24-22-20-18-16-14-12-10-8-6-4-2/h5-8,11-14,17-20,23-26,29-31,33-35,40,42,46,48,52,54,67H,3-4,9-10,15-16,21-22,27-28,32,36-39,41,43-45,47,49-51,53,55-66,70H2,1-2H3,(H,73,74)/b7-5-,8-6-,13-11-,14-12-,19-17-,20-18-,25-23-,26-24-,31-29-,34-33-,35-30-,42-40-,48-46-,54-52-. The second-order valence-electron chi connectivity index (χ2n) is 19.5. The lowest BCUT2D eigenvalue weighted by molar-refractivity contribution is -0.161. The summed E-state index contributed by atoms with van der Waals surface area (Å²) < 4.78 is 33.0. The minimum absolute atomic E-state index is 0.0363. The van der Waals surface area contributed by atoms with Crippen LogP contribution in [0.5, 0.6) is 0 Å². The number of unbranched alkanes of at least 4 members (excludes halogenated alkanes) is 14. The fraction of sp³-hybridized carbons (Fsp3) is 0.565. The molecule has 0 spiro atoms. The van der Waals surface area contributed by atoms with Crippen molar-refractivity contribution < 1.29 is 37.6 Å². The molecule has 2 unspecified atom stereocenters. The number of hydrogen-bond donors (Lipinski definition) is 2. The van der Waals surface area contributed by atoms with Gasteiger partial charge in [-0.05, 0) is 128 Å². The quantitative estimate of drug-likeness (QED) is 0.0264. The van der Waals surface area contributed by atoms with Gasteiger partial charge in [0.2, 0.25) is 0 Å². The minimum atomic E-state index is -4.42. The summed E-state index contributed by atoms with van der Waals surface area (Å²) in [7, 11) is -4.42. The lowest BCUT2D eigenvalue weighted by atomic mass is 10.0. The first kappa shape index (κ1) is 74.4. The van der Waals surface area contributed by atoms with E-state index < -0.39 is 32.5 Å². The van der Waals surface area contributed by atoms with Gasteiger partial charge in [0.05, 0.1) is 13.2 Å². The smallest absolute Gasteiger partial charge is 0.462 e. The number of phosphoric ester groups is 1. The second-order valence-corrected chi connectivity index (χ2v) is 20.9. The fourth-order valence-electron chi connectivity index (χ4n) is 7.65. The summed E-state index contributed by atoms with van der Waals surface area (Å²) in [5.74, 6) is -0.894. The molecule has 79 heavy (non-hydrogen) atoms. The molecule has 0 fully saturated rings. The van der Waals surface area contributed by atoms with Gasteiger partial charge in [-0.3, -0.25) is 18.6 Å². The van der Waals surface area contributed by atoms with E-state index in [1.807, 2.05) is 0 Å². The van der Waals surface area contributed by atoms with Gasteiger partial charge in [0.25, 0.3) is 0 Å². The van der Waals surface area contributed by atoms with Crippen molar-refractivity contribution >= 4 is 19.8 Å². The van der Waals surface area contributed by atoms with Gasteiger partial charge < -0.3 is 20.1 Å². The average Bonchev–Trinajstić information content (AvgIpc) is 3.44. The first-order valence-electron chi connectivity index (χ1n) is 30.6. The highest BCUT2D eigenvalue weighted by Crippen LogP contribution is 2.43. The van der Waals surface area contributed by atoms with Gasteiger partial charge >= 0.3 is 19.8 Å². The van der Waals surface area contributed by atoms with E-state index in [9.17, 15) is 19.0 Å². The molecule has 444 valence electrons. The van der Waals surface area contributed by atoms with Gasteiger partial charge in [0, 0.05) is 19.4 Å². The molecule has 0 saturated carbocycles. The molecule has 0 rings (SSSR count). The van der Waals surface area contributed by atoms with Crippen molar-refractivity contribution in [3.63, 3.8) is 0 Å². The maximum atomic E-state index is 12.7. The highest BCUT2D eigenvalue weighted by atomic mass is 31.2. The highest BCUT2D eigenvalue weighted by Gasteiger charge is 2.26. The number of carbonyl (C=O) groups is 2. The largest absolute Gasteiger partial charge is 0.472 e. The monoisotopic (exact) mass is 1110 g/mol. The molecule has 0 aromatic carbocycles. The molecule has 0 aliphatic carbocycles. The van der Waals surface area contributed by atoms with Crippen LogP contribution in [0.25, 0.3) is 0 Å². The first-order valence-corrected chi connectivity index (χ1v) is 32.1. The van der Waals surface area contributed by atoms with Crippen molar-refractivity contribution in [3.8, 4) is 0 Å².